The number of hydrogen-bond acceptors (Lipinski definition) is 11. The van der Waals surface area contributed by atoms with Crippen molar-refractivity contribution in [2.45, 2.75) is 302 Å². The summed E-state index contributed by atoms with van der Waals surface area (Å²) >= 11 is 0. The molecule has 6 unspecified atom stereocenters. The number of carbonyl (C=O) groups is 4. The van der Waals surface area contributed by atoms with Gasteiger partial charge >= 0.3 is 23.9 Å². The molecule has 3 N–H and O–H groups in total. The molecule has 1 aliphatic rings. The minimum Gasteiger partial charge on any atom is -0.479 e. The first-order valence-electron chi connectivity index (χ1n) is 30.9. The van der Waals surface area contributed by atoms with Crippen molar-refractivity contribution in [3.05, 3.63) is 72.9 Å². The molecule has 12 nitrogen and oxygen atoms in total. The third-order valence-electron chi connectivity index (χ3n) is 13.8. The molecule has 0 aromatic carbocycles. The Balaban J connectivity index is 2.70. The van der Waals surface area contributed by atoms with Gasteiger partial charge in [-0.05, 0) is 89.9 Å². The lowest BCUT2D eigenvalue weighted by molar-refractivity contribution is -0.301. The van der Waals surface area contributed by atoms with Crippen molar-refractivity contribution >= 4 is 23.9 Å². The van der Waals surface area contributed by atoms with Gasteiger partial charge in [0, 0.05) is 19.3 Å². The van der Waals surface area contributed by atoms with Gasteiger partial charge in [-0.25, -0.2) is 4.79 Å². The van der Waals surface area contributed by atoms with Gasteiger partial charge in [-0.3, -0.25) is 14.4 Å². The summed E-state index contributed by atoms with van der Waals surface area (Å²) in [7, 11) is 0. The van der Waals surface area contributed by atoms with Gasteiger partial charge in [0.1, 0.15) is 18.8 Å². The first kappa shape index (κ1) is 71.2. The summed E-state index contributed by atoms with van der Waals surface area (Å²) in [5.41, 5.74) is 0. The van der Waals surface area contributed by atoms with Crippen LogP contribution in [0.5, 0.6) is 0 Å². The third kappa shape index (κ3) is 42.7. The van der Waals surface area contributed by atoms with Crippen LogP contribution in [-0.4, -0.2) is 89.2 Å². The summed E-state index contributed by atoms with van der Waals surface area (Å²) in [6.45, 7) is 5.84. The van der Waals surface area contributed by atoms with Crippen molar-refractivity contribution in [2.24, 2.45) is 0 Å². The zero-order chi connectivity index (χ0) is 56.1. The summed E-state index contributed by atoms with van der Waals surface area (Å²) in [6.07, 6.45) is 54.4. The molecule has 0 saturated carbocycles. The van der Waals surface area contributed by atoms with Crippen LogP contribution in [0.15, 0.2) is 72.9 Å². The van der Waals surface area contributed by atoms with Crippen molar-refractivity contribution in [1.82, 2.24) is 0 Å². The minimum atomic E-state index is -1.92. The van der Waals surface area contributed by atoms with Crippen LogP contribution in [0.1, 0.15) is 265 Å². The Morgan fingerprint density at radius 2 is 0.818 bits per heavy atom. The third-order valence-corrected chi connectivity index (χ3v) is 13.8. The second kappa shape index (κ2) is 52.8. The van der Waals surface area contributed by atoms with E-state index in [1.54, 1.807) is 0 Å². The molecule has 12 heteroatoms. The van der Waals surface area contributed by atoms with Crippen molar-refractivity contribution in [1.29, 1.82) is 0 Å². The van der Waals surface area contributed by atoms with Gasteiger partial charge in [0.05, 0.1) is 6.61 Å². The van der Waals surface area contributed by atoms with Crippen LogP contribution in [0, 0.1) is 0 Å². The number of allylic oxidation sites excluding steroid dienone is 12. The van der Waals surface area contributed by atoms with Crippen LogP contribution in [-0.2, 0) is 42.9 Å². The van der Waals surface area contributed by atoms with Gasteiger partial charge in [-0.1, -0.05) is 229 Å². The fourth-order valence-corrected chi connectivity index (χ4v) is 9.04. The van der Waals surface area contributed by atoms with E-state index in [1.165, 1.54) is 103 Å². The second-order valence-electron chi connectivity index (χ2n) is 21.0. The number of ether oxygens (including phenoxy) is 5. The van der Waals surface area contributed by atoms with E-state index in [9.17, 15) is 34.5 Å². The largest absolute Gasteiger partial charge is 0.479 e. The molecule has 0 bridgehead atoms. The Morgan fingerprint density at radius 3 is 1.30 bits per heavy atom. The molecule has 1 aliphatic heterocycles. The minimum absolute atomic E-state index is 0.00567. The quantitative estimate of drug-likeness (QED) is 0.0228. The van der Waals surface area contributed by atoms with Crippen LogP contribution >= 0.6 is 0 Å². The average molecular weight is 1080 g/mol. The topological polar surface area (TPSA) is 175 Å². The summed E-state index contributed by atoms with van der Waals surface area (Å²) in [6, 6.07) is 0. The summed E-state index contributed by atoms with van der Waals surface area (Å²) < 4.78 is 28.4. The van der Waals surface area contributed by atoms with Crippen molar-refractivity contribution in [3.8, 4) is 0 Å². The normalized spacial score (nSPS) is 18.5. The number of hydrogen-bond donors (Lipinski definition) is 3. The molecule has 6 atom stereocenters. The Labute approximate surface area is 468 Å². The lowest BCUT2D eigenvalue weighted by atomic mass is 9.98. The fourth-order valence-electron chi connectivity index (χ4n) is 9.04. The molecule has 0 aliphatic carbocycles. The Bertz CT molecular complexity index is 1620. The molecule has 0 aromatic heterocycles. The van der Waals surface area contributed by atoms with E-state index in [2.05, 4.69) is 93.7 Å². The zero-order valence-corrected chi connectivity index (χ0v) is 48.7. The number of unbranched alkanes of at least 4 members (excludes halogenated alkanes) is 26. The Morgan fingerprint density at radius 1 is 0.442 bits per heavy atom. The van der Waals surface area contributed by atoms with Gasteiger partial charge in [0.15, 0.2) is 24.6 Å². The highest BCUT2D eigenvalue weighted by atomic mass is 16.7. The van der Waals surface area contributed by atoms with Crippen LogP contribution in [0.3, 0.4) is 0 Å². The van der Waals surface area contributed by atoms with E-state index in [-0.39, 0.29) is 25.9 Å². The SMILES string of the molecule is CC/C=C\C/C=C\C/C=C\C/C=C\CCCCC(=O)OC1C(OCC(COC(=O)CCCCCCCCCCCCCCCCCCC)OC(=O)CCCCCCC/C=C\C/C=C\CCCCC)OC(C(=O)O)C(O)C1O. The molecule has 0 aromatic rings. The standard InChI is InChI=1S/C65H110O12/c1-4-7-10-13-16-19-22-25-28-29-32-33-36-39-42-45-48-51-57(66)73-54-56(75-58(67)52-49-46-43-40-37-34-30-26-23-20-17-14-11-8-5-2)55-74-65-63(61(70)60(69)62(77-65)64(71)72)76-59(68)53-50-47-44-41-38-35-31-27-24-21-18-15-12-9-6-3/h9,12,17-18,20-21,26-27,30-31,38,41,56,60-63,65,69-70H,4-8,10-11,13-16,19,22-25,28-29,32-37,39-40,42-55H2,1-3H3,(H,71,72)/b12-9-,20-17-,21-18-,30-26-,31-27-,41-38-. The lowest BCUT2D eigenvalue weighted by Gasteiger charge is -2.40. The molecule has 77 heavy (non-hydrogen) atoms. The van der Waals surface area contributed by atoms with Gasteiger partial charge in [-0.2, -0.15) is 0 Å². The first-order valence-corrected chi connectivity index (χ1v) is 30.9. The maximum atomic E-state index is 13.2. The van der Waals surface area contributed by atoms with Crippen molar-refractivity contribution < 1.29 is 58.2 Å². The highest BCUT2D eigenvalue weighted by Crippen LogP contribution is 2.26. The number of aliphatic carboxylic acids is 1. The maximum absolute atomic E-state index is 13.2. The van der Waals surface area contributed by atoms with E-state index < -0.39 is 67.3 Å². The average Bonchev–Trinajstić information content (AvgIpc) is 3.43. The van der Waals surface area contributed by atoms with E-state index in [4.69, 9.17) is 23.7 Å². The van der Waals surface area contributed by atoms with Gasteiger partial charge in [0.25, 0.3) is 0 Å². The number of carboxylic acids is 1. The number of esters is 3. The smallest absolute Gasteiger partial charge is 0.335 e. The number of aliphatic hydroxyl groups is 2. The summed E-state index contributed by atoms with van der Waals surface area (Å²) in [4.78, 5) is 51.2. The lowest BCUT2D eigenvalue weighted by Crippen LogP contribution is -2.61. The van der Waals surface area contributed by atoms with Crippen LogP contribution in [0.25, 0.3) is 0 Å². The highest BCUT2D eigenvalue weighted by molar-refractivity contribution is 5.74. The summed E-state index contributed by atoms with van der Waals surface area (Å²) in [5.74, 6) is -3.18. The molecule has 0 radical (unpaired) electrons. The van der Waals surface area contributed by atoms with Gasteiger partial charge in [0.2, 0.25) is 0 Å². The predicted molar refractivity (Wildman–Crippen MR) is 312 cm³/mol. The van der Waals surface area contributed by atoms with Crippen LogP contribution in [0.4, 0.5) is 0 Å². The monoisotopic (exact) mass is 1080 g/mol. The van der Waals surface area contributed by atoms with Crippen molar-refractivity contribution in [2.75, 3.05) is 13.2 Å². The molecule has 1 fully saturated rings. The van der Waals surface area contributed by atoms with Gasteiger partial charge in [-0.15, -0.1) is 0 Å². The molecule has 1 rings (SSSR count). The number of aliphatic hydroxyl groups excluding tert-OH is 2. The Hall–Kier alpha value is -3.84. The molecule has 1 heterocycles. The predicted octanol–water partition coefficient (Wildman–Crippen LogP) is 16.1. The number of carboxylic acid groups (broad SMARTS) is 1. The molecule has 442 valence electrons. The van der Waals surface area contributed by atoms with E-state index in [0.29, 0.717) is 25.7 Å². The maximum Gasteiger partial charge on any atom is 0.335 e. The second-order valence-corrected chi connectivity index (χ2v) is 21.0. The van der Waals surface area contributed by atoms with Crippen LogP contribution < -0.4 is 0 Å². The van der Waals surface area contributed by atoms with Crippen LogP contribution in [0.2, 0.25) is 0 Å². The highest BCUT2D eigenvalue weighted by Gasteiger charge is 2.50. The van der Waals surface area contributed by atoms with Gasteiger partial charge < -0.3 is 39.0 Å². The van der Waals surface area contributed by atoms with E-state index in [1.807, 2.05) is 0 Å². The zero-order valence-electron chi connectivity index (χ0n) is 48.7. The summed E-state index contributed by atoms with van der Waals surface area (Å²) in [5, 5.41) is 31.5. The van der Waals surface area contributed by atoms with E-state index in [0.717, 1.165) is 96.3 Å². The first-order chi connectivity index (χ1) is 37.6. The molecule has 0 amide bonds. The fraction of sp³-hybridized carbons (Fsp3) is 0.754. The Kier molecular flexibility index (Phi) is 48.8. The number of carbonyl (C=O) groups excluding carboxylic acids is 3. The molecular weight excluding hydrogens is 973 g/mol. The molecule has 0 spiro atoms. The number of rotatable bonds is 52. The molecular formula is C65H110O12. The van der Waals surface area contributed by atoms with Crippen molar-refractivity contribution in [3.63, 3.8) is 0 Å². The molecule has 1 saturated heterocycles. The van der Waals surface area contributed by atoms with E-state index >= 15 is 0 Å².